The maximum absolute atomic E-state index is 13.9. The lowest BCUT2D eigenvalue weighted by Crippen LogP contribution is -2.17. The van der Waals surface area contributed by atoms with Crippen LogP contribution in [-0.2, 0) is 0 Å². The van der Waals surface area contributed by atoms with Gasteiger partial charge in [0.25, 0.3) is 0 Å². The summed E-state index contributed by atoms with van der Waals surface area (Å²) in [5.41, 5.74) is 0.607. The minimum absolute atomic E-state index is 0.155. The van der Waals surface area contributed by atoms with Crippen LogP contribution in [0.15, 0.2) is 28.7 Å². The number of hydrogen-bond donors (Lipinski definition) is 1. The van der Waals surface area contributed by atoms with Crippen LogP contribution in [0.2, 0.25) is 5.02 Å². The highest BCUT2D eigenvalue weighted by atomic mass is 79.9. The van der Waals surface area contributed by atoms with Crippen LogP contribution in [0.5, 0.6) is 0 Å². The molecular formula is C13H12BrClFNS. The predicted molar refractivity (Wildman–Crippen MR) is 79.1 cm³/mol. The Balaban J connectivity index is 2.45. The SMILES string of the molecule is CNC(c1cc(Br)c(C)s1)c1ccc(Cl)cc1F. The van der Waals surface area contributed by atoms with Crippen molar-refractivity contribution in [3.8, 4) is 0 Å². The summed E-state index contributed by atoms with van der Waals surface area (Å²) < 4.78 is 15.0. The molecule has 1 N–H and O–H groups in total. The standard InChI is InChI=1S/C13H12BrClFNS/c1-7-10(14)6-12(18-7)13(17-2)9-4-3-8(15)5-11(9)16/h3-6,13,17H,1-2H3. The van der Waals surface area contributed by atoms with E-state index in [1.54, 1.807) is 23.5 Å². The summed E-state index contributed by atoms with van der Waals surface area (Å²) in [7, 11) is 1.82. The molecule has 0 radical (unpaired) electrons. The normalized spacial score (nSPS) is 12.7. The second-order valence-corrected chi connectivity index (χ2v) is 6.52. The van der Waals surface area contributed by atoms with Gasteiger partial charge >= 0.3 is 0 Å². The van der Waals surface area contributed by atoms with Gasteiger partial charge in [0.2, 0.25) is 0 Å². The van der Waals surface area contributed by atoms with Crippen LogP contribution in [0.1, 0.15) is 21.4 Å². The molecule has 18 heavy (non-hydrogen) atoms. The van der Waals surface area contributed by atoms with Gasteiger partial charge in [-0.25, -0.2) is 4.39 Å². The number of aryl methyl sites for hydroxylation is 1. The van der Waals surface area contributed by atoms with Gasteiger partial charge in [0, 0.05) is 24.8 Å². The molecule has 0 saturated carbocycles. The van der Waals surface area contributed by atoms with Crippen molar-refractivity contribution in [1.82, 2.24) is 5.32 Å². The molecule has 0 saturated heterocycles. The van der Waals surface area contributed by atoms with Crippen LogP contribution in [0, 0.1) is 12.7 Å². The smallest absolute Gasteiger partial charge is 0.129 e. The minimum atomic E-state index is -0.288. The largest absolute Gasteiger partial charge is 0.309 e. The highest BCUT2D eigenvalue weighted by Crippen LogP contribution is 2.34. The first-order valence-corrected chi connectivity index (χ1v) is 7.39. The molecule has 1 unspecified atom stereocenters. The van der Waals surface area contributed by atoms with Crippen molar-refractivity contribution in [1.29, 1.82) is 0 Å². The maximum Gasteiger partial charge on any atom is 0.129 e. The van der Waals surface area contributed by atoms with E-state index in [1.807, 2.05) is 20.0 Å². The van der Waals surface area contributed by atoms with Crippen LogP contribution in [0.4, 0.5) is 4.39 Å². The summed E-state index contributed by atoms with van der Waals surface area (Å²) in [6.45, 7) is 2.03. The lowest BCUT2D eigenvalue weighted by Gasteiger charge is -2.16. The van der Waals surface area contributed by atoms with Crippen molar-refractivity contribution in [2.24, 2.45) is 0 Å². The van der Waals surface area contributed by atoms with Gasteiger partial charge in [0.1, 0.15) is 5.82 Å². The molecule has 2 rings (SSSR count). The van der Waals surface area contributed by atoms with E-state index in [0.717, 1.165) is 9.35 Å². The average Bonchev–Trinajstić information content (AvgIpc) is 2.63. The quantitative estimate of drug-likeness (QED) is 0.830. The second kappa shape index (κ2) is 5.70. The fourth-order valence-electron chi connectivity index (χ4n) is 1.81. The second-order valence-electron chi connectivity index (χ2n) is 3.94. The fourth-order valence-corrected chi connectivity index (χ4v) is 3.66. The Morgan fingerprint density at radius 3 is 2.61 bits per heavy atom. The van der Waals surface area contributed by atoms with Crippen LogP contribution >= 0.6 is 38.9 Å². The van der Waals surface area contributed by atoms with Gasteiger partial charge in [0.15, 0.2) is 0 Å². The van der Waals surface area contributed by atoms with E-state index in [1.165, 1.54) is 10.9 Å². The van der Waals surface area contributed by atoms with E-state index in [4.69, 9.17) is 11.6 Å². The third-order valence-corrected chi connectivity index (χ3v) is 5.16. The molecule has 1 nitrogen and oxygen atoms in total. The van der Waals surface area contributed by atoms with E-state index in [9.17, 15) is 4.39 Å². The summed E-state index contributed by atoms with van der Waals surface area (Å²) in [5, 5.41) is 3.55. The van der Waals surface area contributed by atoms with Crippen LogP contribution < -0.4 is 5.32 Å². The Hall–Kier alpha value is -0.420. The van der Waals surface area contributed by atoms with Gasteiger partial charge in [0.05, 0.1) is 6.04 Å². The highest BCUT2D eigenvalue weighted by Gasteiger charge is 2.19. The summed E-state index contributed by atoms with van der Waals surface area (Å²) in [5.74, 6) is -0.288. The minimum Gasteiger partial charge on any atom is -0.309 e. The van der Waals surface area contributed by atoms with E-state index >= 15 is 0 Å². The first kappa shape index (κ1) is 14.0. The molecule has 1 aromatic heterocycles. The third-order valence-electron chi connectivity index (χ3n) is 2.72. The van der Waals surface area contributed by atoms with Gasteiger partial charge in [-0.15, -0.1) is 11.3 Å². The lowest BCUT2D eigenvalue weighted by atomic mass is 10.1. The van der Waals surface area contributed by atoms with E-state index < -0.39 is 0 Å². The molecule has 1 aromatic carbocycles. The summed E-state index contributed by atoms with van der Waals surface area (Å²) in [6.07, 6.45) is 0. The zero-order chi connectivity index (χ0) is 13.3. The number of halogens is 3. The summed E-state index contributed by atoms with van der Waals surface area (Å²) in [4.78, 5) is 2.25. The zero-order valence-corrected chi connectivity index (χ0v) is 13.1. The molecule has 0 aliphatic rings. The number of nitrogens with one attached hydrogen (secondary N) is 1. The first-order chi connectivity index (χ1) is 8.52. The number of thiophene rings is 1. The van der Waals surface area contributed by atoms with Gasteiger partial charge in [-0.2, -0.15) is 0 Å². The average molecular weight is 349 g/mol. The molecule has 0 aliphatic carbocycles. The van der Waals surface area contributed by atoms with Crippen LogP contribution in [-0.4, -0.2) is 7.05 Å². The summed E-state index contributed by atoms with van der Waals surface area (Å²) in [6, 6.07) is 6.64. The Morgan fingerprint density at radius 2 is 2.11 bits per heavy atom. The highest BCUT2D eigenvalue weighted by molar-refractivity contribution is 9.10. The van der Waals surface area contributed by atoms with Crippen LogP contribution in [0.25, 0.3) is 0 Å². The predicted octanol–water partition coefficient (Wildman–Crippen LogP) is 4.92. The van der Waals surface area contributed by atoms with Crippen molar-refractivity contribution >= 4 is 38.9 Å². The molecule has 0 aliphatic heterocycles. The third kappa shape index (κ3) is 2.77. The number of hydrogen-bond acceptors (Lipinski definition) is 2. The molecular weight excluding hydrogens is 337 g/mol. The monoisotopic (exact) mass is 347 g/mol. The topological polar surface area (TPSA) is 12.0 Å². The molecule has 2 aromatic rings. The van der Waals surface area contributed by atoms with Crippen molar-refractivity contribution in [2.45, 2.75) is 13.0 Å². The molecule has 0 amide bonds. The first-order valence-electron chi connectivity index (χ1n) is 5.41. The molecule has 5 heteroatoms. The van der Waals surface area contributed by atoms with Crippen LogP contribution in [0.3, 0.4) is 0 Å². The van der Waals surface area contributed by atoms with E-state index in [0.29, 0.717) is 10.6 Å². The summed E-state index contributed by atoms with van der Waals surface area (Å²) >= 11 is 10.9. The van der Waals surface area contributed by atoms with Crippen molar-refractivity contribution < 1.29 is 4.39 Å². The Labute approximate surface area is 123 Å². The van der Waals surface area contributed by atoms with Gasteiger partial charge < -0.3 is 5.32 Å². The Morgan fingerprint density at radius 1 is 1.39 bits per heavy atom. The zero-order valence-electron chi connectivity index (χ0n) is 9.93. The Kier molecular flexibility index (Phi) is 4.43. The Bertz CT molecular complexity index is 551. The molecule has 96 valence electrons. The van der Waals surface area contributed by atoms with Gasteiger partial charge in [-0.05, 0) is 48.1 Å². The molecule has 0 bridgehead atoms. The van der Waals surface area contributed by atoms with E-state index in [-0.39, 0.29) is 11.9 Å². The maximum atomic E-state index is 13.9. The number of benzene rings is 1. The molecule has 1 atom stereocenters. The van der Waals surface area contributed by atoms with Crippen molar-refractivity contribution in [3.05, 3.63) is 54.9 Å². The number of rotatable bonds is 3. The van der Waals surface area contributed by atoms with E-state index in [2.05, 4.69) is 21.2 Å². The van der Waals surface area contributed by atoms with Crippen molar-refractivity contribution in [2.75, 3.05) is 7.05 Å². The van der Waals surface area contributed by atoms with Gasteiger partial charge in [-0.1, -0.05) is 17.7 Å². The lowest BCUT2D eigenvalue weighted by molar-refractivity contribution is 0.579. The molecule has 0 spiro atoms. The molecule has 1 heterocycles. The van der Waals surface area contributed by atoms with Gasteiger partial charge in [-0.3, -0.25) is 0 Å². The fraction of sp³-hybridized carbons (Fsp3) is 0.231. The van der Waals surface area contributed by atoms with Crippen molar-refractivity contribution in [3.63, 3.8) is 0 Å². The molecule has 0 fully saturated rings.